The zero-order chi connectivity index (χ0) is 18.0. The van der Waals surface area contributed by atoms with Gasteiger partial charge in [0, 0.05) is 20.5 Å². The van der Waals surface area contributed by atoms with Crippen LogP contribution in [0.5, 0.6) is 0 Å². The molecule has 1 aromatic heterocycles. The highest BCUT2D eigenvalue weighted by atomic mass is 16.6. The molecule has 2 aromatic rings. The molecule has 1 aliphatic rings. The Labute approximate surface area is 147 Å². The molecule has 0 atom stereocenters. The van der Waals surface area contributed by atoms with Gasteiger partial charge >= 0.3 is 5.97 Å². The number of hydrogen-bond donors (Lipinski definition) is 0. The monoisotopic (exact) mass is 338 g/mol. The third-order valence-corrected chi connectivity index (χ3v) is 4.42. The summed E-state index contributed by atoms with van der Waals surface area (Å²) in [5.74, 6) is -0.562. The van der Waals surface area contributed by atoms with Gasteiger partial charge in [0.2, 0.25) is 0 Å². The van der Waals surface area contributed by atoms with Crippen LogP contribution in [-0.4, -0.2) is 41.5 Å². The summed E-state index contributed by atoms with van der Waals surface area (Å²) in [6.45, 7) is 1.72. The molecule has 130 valence electrons. The molecule has 25 heavy (non-hydrogen) atoms. The lowest BCUT2D eigenvalue weighted by molar-refractivity contribution is 0.0226. The van der Waals surface area contributed by atoms with Gasteiger partial charge in [0.25, 0.3) is 5.91 Å². The van der Waals surface area contributed by atoms with Gasteiger partial charge in [-0.05, 0) is 37.5 Å². The minimum atomic E-state index is -0.400. The average Bonchev–Trinajstić information content (AvgIpc) is 3.33. The quantitative estimate of drug-likeness (QED) is 0.786. The van der Waals surface area contributed by atoms with E-state index in [1.54, 1.807) is 33.2 Å². The average molecular weight is 338 g/mol. The Morgan fingerprint density at radius 2 is 1.80 bits per heavy atom. The predicted molar refractivity (Wildman–Crippen MR) is 94.5 cm³/mol. The van der Waals surface area contributed by atoms with Gasteiger partial charge < -0.3 is 9.64 Å². The van der Waals surface area contributed by atoms with Crippen LogP contribution in [0.15, 0.2) is 42.5 Å². The number of aryl methyl sites for hydroxylation is 1. The second kappa shape index (κ2) is 6.67. The smallest absolute Gasteiger partial charge is 0.340 e. The van der Waals surface area contributed by atoms with Crippen LogP contribution < -0.4 is 0 Å². The van der Waals surface area contributed by atoms with Crippen molar-refractivity contribution in [1.82, 2.24) is 9.88 Å². The minimum absolute atomic E-state index is 0.189. The Morgan fingerprint density at radius 1 is 1.12 bits per heavy atom. The van der Waals surface area contributed by atoms with E-state index in [9.17, 15) is 9.59 Å². The number of carbonyl (C=O) groups is 2. The van der Waals surface area contributed by atoms with Crippen molar-refractivity contribution in [2.24, 2.45) is 0 Å². The van der Waals surface area contributed by atoms with Crippen LogP contribution in [0.2, 0.25) is 0 Å². The van der Waals surface area contributed by atoms with Gasteiger partial charge in [-0.3, -0.25) is 4.79 Å². The van der Waals surface area contributed by atoms with Crippen molar-refractivity contribution in [3.8, 4) is 0 Å². The molecule has 0 spiro atoms. The van der Waals surface area contributed by atoms with E-state index in [1.807, 2.05) is 30.3 Å². The van der Waals surface area contributed by atoms with Crippen LogP contribution in [0.25, 0.3) is 0 Å². The van der Waals surface area contributed by atoms with E-state index < -0.39 is 5.60 Å². The number of amides is 1. The van der Waals surface area contributed by atoms with Crippen molar-refractivity contribution in [3.05, 3.63) is 65.0 Å². The van der Waals surface area contributed by atoms with E-state index in [2.05, 4.69) is 4.98 Å². The number of carbonyl (C=O) groups excluding carboxylic acids is 2. The van der Waals surface area contributed by atoms with Gasteiger partial charge in [0.05, 0.1) is 11.3 Å². The molecule has 5 nitrogen and oxygen atoms in total. The molecule has 1 saturated carbocycles. The van der Waals surface area contributed by atoms with E-state index in [0.29, 0.717) is 17.0 Å². The number of ether oxygens (including phenoxy) is 1. The molecular weight excluding hydrogens is 316 g/mol. The molecular formula is C20H22N2O3. The summed E-state index contributed by atoms with van der Waals surface area (Å²) in [7, 11) is 3.34. The van der Waals surface area contributed by atoms with Crippen molar-refractivity contribution in [2.75, 3.05) is 14.1 Å². The molecule has 0 saturated heterocycles. The summed E-state index contributed by atoms with van der Waals surface area (Å²) in [6, 6.07) is 13.2. The summed E-state index contributed by atoms with van der Waals surface area (Å²) >= 11 is 0. The second-order valence-corrected chi connectivity index (χ2v) is 6.76. The number of aromatic nitrogens is 1. The third kappa shape index (κ3) is 3.87. The number of pyridine rings is 1. The fourth-order valence-corrected chi connectivity index (χ4v) is 2.80. The lowest BCUT2D eigenvalue weighted by Gasteiger charge is -2.18. The highest BCUT2D eigenvalue weighted by Crippen LogP contribution is 2.43. The first-order valence-corrected chi connectivity index (χ1v) is 8.37. The van der Waals surface area contributed by atoms with E-state index in [1.165, 1.54) is 4.90 Å². The molecule has 3 rings (SSSR count). The van der Waals surface area contributed by atoms with Crippen molar-refractivity contribution in [2.45, 2.75) is 31.8 Å². The fourth-order valence-electron chi connectivity index (χ4n) is 2.80. The maximum atomic E-state index is 12.6. The SMILES string of the molecule is Cc1nc(C(=O)N(C)C)ccc1C(=O)OC1(Cc2ccccc2)CC1. The van der Waals surface area contributed by atoms with Crippen molar-refractivity contribution in [3.63, 3.8) is 0 Å². The number of benzene rings is 1. The van der Waals surface area contributed by atoms with Gasteiger partial charge in [-0.25, -0.2) is 9.78 Å². The zero-order valence-corrected chi connectivity index (χ0v) is 14.8. The van der Waals surface area contributed by atoms with Gasteiger partial charge in [-0.15, -0.1) is 0 Å². The molecule has 0 unspecified atom stereocenters. The molecule has 1 aromatic carbocycles. The first kappa shape index (κ1) is 17.1. The summed E-state index contributed by atoms with van der Waals surface area (Å²) < 4.78 is 5.79. The molecule has 0 bridgehead atoms. The molecule has 1 aliphatic carbocycles. The summed E-state index contributed by atoms with van der Waals surface area (Å²) in [6.07, 6.45) is 2.47. The van der Waals surface area contributed by atoms with E-state index in [4.69, 9.17) is 4.74 Å². The van der Waals surface area contributed by atoms with Crippen molar-refractivity contribution in [1.29, 1.82) is 0 Å². The second-order valence-electron chi connectivity index (χ2n) is 6.76. The van der Waals surface area contributed by atoms with Gasteiger partial charge in [-0.1, -0.05) is 30.3 Å². The van der Waals surface area contributed by atoms with E-state index in [0.717, 1.165) is 24.8 Å². The number of esters is 1. The lowest BCUT2D eigenvalue weighted by atomic mass is 10.1. The molecule has 0 aliphatic heterocycles. The van der Waals surface area contributed by atoms with Crippen molar-refractivity contribution < 1.29 is 14.3 Å². The van der Waals surface area contributed by atoms with Crippen LogP contribution in [0.4, 0.5) is 0 Å². The summed E-state index contributed by atoms with van der Waals surface area (Å²) in [5.41, 5.74) is 2.00. The van der Waals surface area contributed by atoms with Crippen LogP contribution in [0, 0.1) is 6.92 Å². The standard InChI is InChI=1S/C20H22N2O3/c1-14-16(9-10-17(21-14)18(23)22(2)3)19(24)25-20(11-12-20)13-15-7-5-4-6-8-15/h4-10H,11-13H2,1-3H3. The maximum absolute atomic E-state index is 12.6. The normalized spacial score (nSPS) is 14.7. The van der Waals surface area contributed by atoms with Gasteiger partial charge in [-0.2, -0.15) is 0 Å². The fraction of sp³-hybridized carbons (Fsp3) is 0.350. The molecule has 0 N–H and O–H groups in total. The van der Waals surface area contributed by atoms with Crippen molar-refractivity contribution >= 4 is 11.9 Å². The first-order chi connectivity index (χ1) is 11.9. The maximum Gasteiger partial charge on any atom is 0.340 e. The Hall–Kier alpha value is -2.69. The van der Waals surface area contributed by atoms with Crippen LogP contribution in [0.1, 0.15) is 44.9 Å². The molecule has 0 radical (unpaired) electrons. The third-order valence-electron chi connectivity index (χ3n) is 4.42. The molecule has 5 heteroatoms. The Bertz CT molecular complexity index is 796. The largest absolute Gasteiger partial charge is 0.455 e. The number of nitrogens with zero attached hydrogens (tertiary/aromatic N) is 2. The van der Waals surface area contributed by atoms with Gasteiger partial charge in [0.15, 0.2) is 0 Å². The van der Waals surface area contributed by atoms with E-state index >= 15 is 0 Å². The Balaban J connectivity index is 1.72. The van der Waals surface area contributed by atoms with Crippen LogP contribution in [0.3, 0.4) is 0 Å². The molecule has 1 fully saturated rings. The summed E-state index contributed by atoms with van der Waals surface area (Å²) in [5, 5.41) is 0. The van der Waals surface area contributed by atoms with Crippen LogP contribution in [-0.2, 0) is 11.2 Å². The van der Waals surface area contributed by atoms with Crippen LogP contribution >= 0.6 is 0 Å². The lowest BCUT2D eigenvalue weighted by Crippen LogP contribution is -2.25. The Morgan fingerprint density at radius 3 is 2.36 bits per heavy atom. The number of hydrogen-bond acceptors (Lipinski definition) is 4. The molecule has 1 amide bonds. The minimum Gasteiger partial charge on any atom is -0.455 e. The summed E-state index contributed by atoms with van der Waals surface area (Å²) in [4.78, 5) is 30.3. The van der Waals surface area contributed by atoms with E-state index in [-0.39, 0.29) is 11.9 Å². The first-order valence-electron chi connectivity index (χ1n) is 8.37. The number of rotatable bonds is 5. The zero-order valence-electron chi connectivity index (χ0n) is 14.8. The Kier molecular flexibility index (Phi) is 4.57. The highest BCUT2D eigenvalue weighted by molar-refractivity contribution is 5.95. The predicted octanol–water partition coefficient (Wildman–Crippen LogP) is 3.02. The van der Waals surface area contributed by atoms with Gasteiger partial charge in [0.1, 0.15) is 11.3 Å². The highest BCUT2D eigenvalue weighted by Gasteiger charge is 2.47. The molecule has 1 heterocycles. The topological polar surface area (TPSA) is 59.5 Å².